The van der Waals surface area contributed by atoms with E-state index in [1.165, 1.54) is 7.11 Å². The van der Waals surface area contributed by atoms with E-state index in [2.05, 4.69) is 10.3 Å². The highest BCUT2D eigenvalue weighted by Crippen LogP contribution is 2.19. The molecule has 0 aliphatic carbocycles. The zero-order valence-corrected chi connectivity index (χ0v) is 15.3. The van der Waals surface area contributed by atoms with Crippen LogP contribution >= 0.6 is 0 Å². The Morgan fingerprint density at radius 3 is 2.92 bits per heavy atom. The highest BCUT2D eigenvalue weighted by Gasteiger charge is 2.30. The van der Waals surface area contributed by atoms with E-state index in [0.29, 0.717) is 19.6 Å². The van der Waals surface area contributed by atoms with Gasteiger partial charge in [-0.15, -0.1) is 0 Å². The van der Waals surface area contributed by atoms with Gasteiger partial charge in [0.25, 0.3) is 0 Å². The van der Waals surface area contributed by atoms with Crippen LogP contribution in [0.2, 0.25) is 0 Å². The van der Waals surface area contributed by atoms with Gasteiger partial charge in [0.05, 0.1) is 0 Å². The monoisotopic (exact) mass is 348 g/mol. The summed E-state index contributed by atoms with van der Waals surface area (Å²) in [5.74, 6) is -0.0672. The van der Waals surface area contributed by atoms with Gasteiger partial charge >= 0.3 is 6.03 Å². The topological polar surface area (TPSA) is 74.8 Å². The van der Waals surface area contributed by atoms with Gasteiger partial charge in [-0.05, 0) is 38.3 Å². The van der Waals surface area contributed by atoms with Crippen molar-refractivity contribution in [2.24, 2.45) is 0 Å². The fourth-order valence-electron chi connectivity index (χ4n) is 3.05. The number of urea groups is 1. The average molecular weight is 348 g/mol. The van der Waals surface area contributed by atoms with Gasteiger partial charge in [-0.1, -0.05) is 6.07 Å². The van der Waals surface area contributed by atoms with Gasteiger partial charge in [0.1, 0.15) is 6.61 Å². The Bertz CT molecular complexity index is 565. The third-order valence-electron chi connectivity index (χ3n) is 4.20. The molecule has 1 aliphatic heterocycles. The van der Waals surface area contributed by atoms with Gasteiger partial charge in [-0.3, -0.25) is 9.78 Å². The maximum absolute atomic E-state index is 12.6. The number of carbonyl (C=O) groups excluding carboxylic acids is 2. The van der Waals surface area contributed by atoms with Crippen molar-refractivity contribution >= 4 is 11.9 Å². The highest BCUT2D eigenvalue weighted by molar-refractivity contribution is 5.78. The number of piperidine rings is 1. The van der Waals surface area contributed by atoms with Crippen LogP contribution in [0.5, 0.6) is 0 Å². The van der Waals surface area contributed by atoms with Gasteiger partial charge < -0.3 is 19.9 Å². The first kappa shape index (κ1) is 19.2. The number of rotatable bonds is 6. The molecule has 0 spiro atoms. The van der Waals surface area contributed by atoms with Crippen LogP contribution in [-0.2, 0) is 16.1 Å². The molecule has 1 saturated heterocycles. The fourth-order valence-corrected chi connectivity index (χ4v) is 3.05. The Morgan fingerprint density at radius 1 is 1.48 bits per heavy atom. The van der Waals surface area contributed by atoms with Crippen molar-refractivity contribution in [3.05, 3.63) is 30.1 Å². The number of aromatic nitrogens is 1. The van der Waals surface area contributed by atoms with Crippen molar-refractivity contribution in [2.45, 2.75) is 45.3 Å². The molecule has 7 nitrogen and oxygen atoms in total. The minimum Gasteiger partial charge on any atom is -0.375 e. The van der Waals surface area contributed by atoms with Crippen molar-refractivity contribution < 1.29 is 14.3 Å². The van der Waals surface area contributed by atoms with Crippen LogP contribution in [0.1, 0.15) is 32.3 Å². The predicted molar refractivity (Wildman–Crippen MR) is 94.9 cm³/mol. The molecule has 1 aromatic heterocycles. The lowest BCUT2D eigenvalue weighted by molar-refractivity contribution is -0.139. The van der Waals surface area contributed by atoms with Crippen LogP contribution in [0.4, 0.5) is 4.79 Å². The van der Waals surface area contributed by atoms with Gasteiger partial charge in [0, 0.05) is 51.2 Å². The quantitative estimate of drug-likeness (QED) is 0.848. The smallest absolute Gasteiger partial charge is 0.317 e. The first-order valence-corrected chi connectivity index (χ1v) is 8.74. The first-order valence-electron chi connectivity index (χ1n) is 8.74. The molecule has 0 radical (unpaired) electrons. The molecule has 0 saturated carbocycles. The van der Waals surface area contributed by atoms with E-state index >= 15 is 0 Å². The van der Waals surface area contributed by atoms with Gasteiger partial charge in [-0.2, -0.15) is 0 Å². The molecule has 25 heavy (non-hydrogen) atoms. The predicted octanol–water partition coefficient (Wildman–Crippen LogP) is 1.64. The number of hydrogen-bond acceptors (Lipinski definition) is 4. The molecule has 2 heterocycles. The summed E-state index contributed by atoms with van der Waals surface area (Å²) in [5.41, 5.74) is 0.968. The van der Waals surface area contributed by atoms with E-state index in [1.54, 1.807) is 17.3 Å². The maximum atomic E-state index is 12.6. The molecule has 7 heteroatoms. The molecule has 0 bridgehead atoms. The Morgan fingerprint density at radius 2 is 2.28 bits per heavy atom. The van der Waals surface area contributed by atoms with E-state index in [0.717, 1.165) is 18.4 Å². The summed E-state index contributed by atoms with van der Waals surface area (Å²) in [4.78, 5) is 32.6. The van der Waals surface area contributed by atoms with Gasteiger partial charge in [0.2, 0.25) is 5.91 Å². The van der Waals surface area contributed by atoms with Crippen LogP contribution in [-0.4, -0.2) is 65.6 Å². The molecule has 138 valence electrons. The first-order chi connectivity index (χ1) is 12.0. The normalized spacial score (nSPS) is 17.4. The van der Waals surface area contributed by atoms with E-state index < -0.39 is 0 Å². The number of carbonyl (C=O) groups is 2. The lowest BCUT2D eigenvalue weighted by atomic mass is 10.0. The van der Waals surface area contributed by atoms with E-state index in [-0.39, 0.29) is 30.6 Å². The number of methoxy groups -OCH3 is 1. The van der Waals surface area contributed by atoms with Crippen LogP contribution in [0.15, 0.2) is 24.5 Å². The SMILES string of the molecule is COCC(=O)N(Cc1cccnc1)C1CCCN(C(=O)NC(C)C)C1. The Kier molecular flexibility index (Phi) is 7.18. The molecule has 3 amide bonds. The summed E-state index contributed by atoms with van der Waals surface area (Å²) in [6.45, 7) is 5.64. The number of nitrogens with one attached hydrogen (secondary N) is 1. The summed E-state index contributed by atoms with van der Waals surface area (Å²) in [5, 5.41) is 2.92. The van der Waals surface area contributed by atoms with Crippen LogP contribution in [0.3, 0.4) is 0 Å². The zero-order valence-electron chi connectivity index (χ0n) is 15.3. The number of hydrogen-bond donors (Lipinski definition) is 1. The molecule has 1 unspecified atom stereocenters. The van der Waals surface area contributed by atoms with E-state index in [1.807, 2.05) is 30.9 Å². The summed E-state index contributed by atoms with van der Waals surface area (Å²) in [6.07, 6.45) is 5.23. The minimum atomic E-state index is -0.0692. The summed E-state index contributed by atoms with van der Waals surface area (Å²) >= 11 is 0. The lowest BCUT2D eigenvalue weighted by Gasteiger charge is -2.39. The Balaban J connectivity index is 2.09. The lowest BCUT2D eigenvalue weighted by Crippen LogP contribution is -2.54. The van der Waals surface area contributed by atoms with Crippen molar-refractivity contribution in [1.29, 1.82) is 0 Å². The molecule has 1 atom stereocenters. The van der Waals surface area contributed by atoms with Crippen LogP contribution in [0, 0.1) is 0 Å². The second-order valence-electron chi connectivity index (χ2n) is 6.66. The van der Waals surface area contributed by atoms with Crippen molar-refractivity contribution in [1.82, 2.24) is 20.1 Å². The molecule has 1 aromatic rings. The van der Waals surface area contributed by atoms with Crippen LogP contribution < -0.4 is 5.32 Å². The number of amides is 3. The summed E-state index contributed by atoms with van der Waals surface area (Å²) in [7, 11) is 1.52. The van der Waals surface area contributed by atoms with Crippen LogP contribution in [0.25, 0.3) is 0 Å². The number of likely N-dealkylation sites (tertiary alicyclic amines) is 1. The molecular formula is C18H28N4O3. The van der Waals surface area contributed by atoms with Crippen molar-refractivity contribution in [3.63, 3.8) is 0 Å². The Labute approximate surface area is 149 Å². The van der Waals surface area contributed by atoms with E-state index in [4.69, 9.17) is 4.74 Å². The maximum Gasteiger partial charge on any atom is 0.317 e. The molecule has 1 N–H and O–H groups in total. The standard InChI is InChI=1S/C18H28N4O3/c1-14(2)20-18(24)21-9-5-7-16(12-21)22(17(23)13-25-3)11-15-6-4-8-19-10-15/h4,6,8,10,14,16H,5,7,9,11-13H2,1-3H3,(H,20,24). The fraction of sp³-hybridized carbons (Fsp3) is 0.611. The van der Waals surface area contributed by atoms with Gasteiger partial charge in [0.15, 0.2) is 0 Å². The van der Waals surface area contributed by atoms with Crippen molar-refractivity contribution in [3.8, 4) is 0 Å². The third-order valence-corrected chi connectivity index (χ3v) is 4.20. The number of nitrogens with zero attached hydrogens (tertiary/aromatic N) is 3. The summed E-state index contributed by atoms with van der Waals surface area (Å²) in [6, 6.07) is 3.81. The van der Waals surface area contributed by atoms with Crippen molar-refractivity contribution in [2.75, 3.05) is 26.8 Å². The second-order valence-corrected chi connectivity index (χ2v) is 6.66. The largest absolute Gasteiger partial charge is 0.375 e. The summed E-state index contributed by atoms with van der Waals surface area (Å²) < 4.78 is 5.04. The molecule has 1 fully saturated rings. The average Bonchev–Trinajstić information content (AvgIpc) is 2.60. The minimum absolute atomic E-state index is 0.0190. The number of ether oxygens (including phenoxy) is 1. The zero-order chi connectivity index (χ0) is 18.2. The Hall–Kier alpha value is -2.15. The number of pyridine rings is 1. The molecular weight excluding hydrogens is 320 g/mol. The second kappa shape index (κ2) is 9.36. The van der Waals surface area contributed by atoms with Gasteiger partial charge in [-0.25, -0.2) is 4.79 Å². The molecule has 2 rings (SSSR count). The molecule has 1 aliphatic rings. The third kappa shape index (κ3) is 5.70. The van der Waals surface area contributed by atoms with E-state index in [9.17, 15) is 9.59 Å². The molecule has 0 aromatic carbocycles. The highest BCUT2D eigenvalue weighted by atomic mass is 16.5.